The number of alkyl halides is 8. The van der Waals surface area contributed by atoms with Gasteiger partial charge in [-0.3, -0.25) is 8.89 Å². The summed E-state index contributed by atoms with van der Waals surface area (Å²) in [5.41, 5.74) is -0.783. The number of halogens is 11. The Morgan fingerprint density at radius 3 is 2.18 bits per heavy atom. The van der Waals surface area contributed by atoms with Crippen molar-refractivity contribution in [2.45, 2.75) is 95.5 Å². The average Bonchev–Trinajstić information content (AvgIpc) is 3.83. The molecule has 3 atom stereocenters. The van der Waals surface area contributed by atoms with Crippen LogP contribution in [0.2, 0.25) is 5.02 Å². The molecule has 23 heteroatoms. The van der Waals surface area contributed by atoms with Crippen LogP contribution in [0.15, 0.2) is 42.5 Å². The first-order valence-electron chi connectivity index (χ1n) is 19.3. The fraction of sp³-hybridized carbons (Fsp3) is 0.429. The summed E-state index contributed by atoms with van der Waals surface area (Å²) in [6, 6.07) is 8.88. The Morgan fingerprint density at radius 1 is 1.03 bits per heavy atom. The predicted molar refractivity (Wildman–Crippen MR) is 229 cm³/mol. The minimum atomic E-state index is -4.80. The molecule has 6 rings (SSSR count). The second-order valence-corrected chi connectivity index (χ2v) is 17.5. The molecule has 0 saturated carbocycles. The van der Waals surface area contributed by atoms with Crippen LogP contribution in [0.5, 0.6) is 0 Å². The second kappa shape index (κ2) is 22.4. The number of pyridine rings is 1. The summed E-state index contributed by atoms with van der Waals surface area (Å²) in [6.45, 7) is 7.12. The van der Waals surface area contributed by atoms with Gasteiger partial charge in [0.1, 0.15) is 35.9 Å². The molecule has 348 valence electrons. The SMILES string of the molecule is CC.CNC(Cc1cc(F)cc(F)c1)c1nc(C#CC(C)(C)SC)ccc1-c1ccc(Cl)c2c([N-]S(C)=O)nn(CC(F)(F)F)c12.C[C@H]1CC(F)(F)c2c1c(C(F)(F)F)nn2CC=O.[Na+]. The van der Waals surface area contributed by atoms with Gasteiger partial charge in [-0.2, -0.15) is 40.2 Å². The fourth-order valence-corrected chi connectivity index (χ4v) is 7.64. The van der Waals surface area contributed by atoms with E-state index in [0.29, 0.717) is 32.8 Å². The molecule has 0 bridgehead atoms. The number of hydrogen-bond acceptors (Lipinski definition) is 7. The molecule has 9 nitrogen and oxygen atoms in total. The third-order valence-corrected chi connectivity index (χ3v) is 11.4. The number of aldehydes is 1. The monoisotopic (exact) mass is 989 g/mol. The number of fused-ring (bicyclic) bond motifs is 2. The summed E-state index contributed by atoms with van der Waals surface area (Å²) in [4.78, 5) is 15.1. The van der Waals surface area contributed by atoms with Gasteiger partial charge in [0.15, 0.2) is 5.69 Å². The number of likely N-dealkylation sites (N-methyl/N-ethyl adjacent to an activating group) is 1. The molecule has 2 aromatic carbocycles. The topological polar surface area (TPSA) is 109 Å². The van der Waals surface area contributed by atoms with Crippen LogP contribution in [-0.2, 0) is 47.4 Å². The zero-order valence-electron chi connectivity index (χ0n) is 36.6. The summed E-state index contributed by atoms with van der Waals surface area (Å²) in [6.07, 6.45) is -6.62. The normalized spacial score (nSPS) is 15.3. The first kappa shape index (κ1) is 55.7. The molecule has 0 amide bonds. The number of rotatable bonds is 11. The molecule has 1 aliphatic carbocycles. The van der Waals surface area contributed by atoms with Crippen molar-refractivity contribution in [3.8, 4) is 23.0 Å². The molecule has 2 unspecified atom stereocenters. The Balaban J connectivity index is 0.000000445. The van der Waals surface area contributed by atoms with Crippen molar-refractivity contribution in [3.05, 3.63) is 97.7 Å². The third kappa shape index (κ3) is 13.7. The van der Waals surface area contributed by atoms with Gasteiger partial charge in [0, 0.05) is 56.8 Å². The number of hydrogen-bond donors (Lipinski definition) is 1. The fourth-order valence-electron chi connectivity index (χ4n) is 6.88. The molecule has 1 aliphatic rings. The molecule has 5 aromatic rings. The van der Waals surface area contributed by atoms with Crippen LogP contribution in [0.1, 0.15) is 86.9 Å². The van der Waals surface area contributed by atoms with E-state index in [1.165, 1.54) is 31.4 Å². The smallest absolute Gasteiger partial charge is 0.380 e. The summed E-state index contributed by atoms with van der Waals surface area (Å²) in [5.74, 6) is 0.209. The van der Waals surface area contributed by atoms with Gasteiger partial charge in [0.25, 0.3) is 5.92 Å². The van der Waals surface area contributed by atoms with Gasteiger partial charge >= 0.3 is 41.9 Å². The van der Waals surface area contributed by atoms with Crippen molar-refractivity contribution in [3.63, 3.8) is 0 Å². The van der Waals surface area contributed by atoms with Crippen molar-refractivity contribution < 1.29 is 82.5 Å². The summed E-state index contributed by atoms with van der Waals surface area (Å²) < 4.78 is 151. The van der Waals surface area contributed by atoms with Crippen LogP contribution in [0.4, 0.5) is 49.7 Å². The molecule has 0 aliphatic heterocycles. The van der Waals surface area contributed by atoms with E-state index in [-0.39, 0.29) is 68.8 Å². The molecule has 1 N–H and O–H groups in total. The van der Waals surface area contributed by atoms with Crippen LogP contribution >= 0.6 is 23.4 Å². The van der Waals surface area contributed by atoms with Crippen LogP contribution < -0.4 is 34.9 Å². The quantitative estimate of drug-likeness (QED) is 0.0612. The maximum Gasteiger partial charge on any atom is 1.00 e. The van der Waals surface area contributed by atoms with Gasteiger partial charge in [-0.15, -0.1) is 11.8 Å². The van der Waals surface area contributed by atoms with E-state index in [0.717, 1.165) is 10.7 Å². The maximum atomic E-state index is 14.1. The predicted octanol–water partition coefficient (Wildman–Crippen LogP) is 8.62. The Kier molecular flexibility index (Phi) is 19.2. The Bertz CT molecular complexity index is 2550. The molecular weight excluding hydrogens is 947 g/mol. The number of benzene rings is 2. The van der Waals surface area contributed by atoms with Crippen LogP contribution in [0.3, 0.4) is 0 Å². The summed E-state index contributed by atoms with van der Waals surface area (Å²) >= 11 is 8.02. The Labute approximate surface area is 403 Å². The number of nitrogens with zero attached hydrogens (tertiary/aromatic N) is 6. The van der Waals surface area contributed by atoms with E-state index in [4.69, 9.17) is 16.6 Å². The molecular formula is C42H43ClF10N7NaO2S2. The molecule has 65 heavy (non-hydrogen) atoms. The van der Waals surface area contributed by atoms with E-state index in [1.54, 1.807) is 37.0 Å². The summed E-state index contributed by atoms with van der Waals surface area (Å²) in [5, 5.41) is 10.4. The molecule has 0 spiro atoms. The molecule has 3 heterocycles. The summed E-state index contributed by atoms with van der Waals surface area (Å²) in [7, 11) is -0.148. The van der Waals surface area contributed by atoms with Crippen LogP contribution in [0.25, 0.3) is 26.8 Å². The van der Waals surface area contributed by atoms with Gasteiger partial charge in [-0.25, -0.2) is 13.8 Å². The second-order valence-electron chi connectivity index (χ2n) is 14.6. The van der Waals surface area contributed by atoms with Crippen molar-refractivity contribution in [1.82, 2.24) is 29.9 Å². The van der Waals surface area contributed by atoms with Crippen molar-refractivity contribution in [1.29, 1.82) is 0 Å². The largest absolute Gasteiger partial charge is 1.00 e. The van der Waals surface area contributed by atoms with E-state index in [9.17, 15) is 52.9 Å². The van der Waals surface area contributed by atoms with Gasteiger partial charge < -0.3 is 24.6 Å². The number of thioether (sulfide) groups is 1. The van der Waals surface area contributed by atoms with Gasteiger partial charge in [0.05, 0.1) is 28.5 Å². The van der Waals surface area contributed by atoms with Crippen molar-refractivity contribution in [2.75, 3.05) is 19.6 Å². The average molecular weight is 990 g/mol. The molecule has 0 radical (unpaired) electrons. The van der Waals surface area contributed by atoms with Crippen LogP contribution in [0, 0.1) is 23.5 Å². The van der Waals surface area contributed by atoms with Gasteiger partial charge in [-0.1, -0.05) is 44.4 Å². The first-order chi connectivity index (χ1) is 29.8. The van der Waals surface area contributed by atoms with E-state index < -0.39 is 89.3 Å². The molecule has 0 saturated heterocycles. The Hall–Kier alpha value is -3.65. The zero-order chi connectivity index (χ0) is 48.1. The zero-order valence-corrected chi connectivity index (χ0v) is 41.0. The number of aromatic nitrogens is 5. The number of carbonyl (C=O) groups excluding carboxylic acids is 1. The van der Waals surface area contributed by atoms with Crippen LogP contribution in [-0.4, -0.2) is 65.5 Å². The van der Waals surface area contributed by atoms with Crippen molar-refractivity contribution in [2.24, 2.45) is 0 Å². The Morgan fingerprint density at radius 2 is 1.65 bits per heavy atom. The first-order valence-corrected chi connectivity index (χ1v) is 22.4. The number of nitrogens with one attached hydrogen (secondary N) is 1. The van der Waals surface area contributed by atoms with E-state index in [2.05, 4.69) is 32.1 Å². The number of carbonyl (C=O) groups is 1. The minimum Gasteiger partial charge on any atom is -0.380 e. The third-order valence-electron chi connectivity index (χ3n) is 9.53. The van der Waals surface area contributed by atoms with Gasteiger partial charge in [0.2, 0.25) is 0 Å². The van der Waals surface area contributed by atoms with Crippen molar-refractivity contribution >= 4 is 57.4 Å². The molecule has 3 aromatic heterocycles. The van der Waals surface area contributed by atoms with E-state index in [1.807, 2.05) is 34.0 Å². The van der Waals surface area contributed by atoms with E-state index >= 15 is 0 Å². The van der Waals surface area contributed by atoms with Gasteiger partial charge in [-0.05, 0) is 87.1 Å². The molecule has 0 fully saturated rings. The maximum absolute atomic E-state index is 14.1. The minimum absolute atomic E-state index is 0. The standard InChI is InChI=1S/C30H28ClF5N5OS2.C10H9F5N2O.C2H6.Na/c1-29(2,43-4)11-10-20-6-7-21(26(38-20)24(37-3)14-17-12-18(32)15-19(33)13-17)22-8-9-23(31)25-27(22)41(16-30(34,35)36)39-28(25)40-44(5)42;1-5-4-9(11,12)8-6(5)7(10(13,14)15)16-17(8)2-3-18;1-2;/h6-9,12-13,15,24,37H,14,16H2,1-5H3;3,5H,2,4H2,1H3;1-2H3;/q-1;;;+1/t;5-;;/m.0../s1.